The van der Waals surface area contributed by atoms with Crippen LogP contribution in [0.5, 0.6) is 0 Å². The van der Waals surface area contributed by atoms with Crippen molar-refractivity contribution in [2.75, 3.05) is 0 Å². The minimum Gasteiger partial charge on any atom is -0.366 e. The van der Waals surface area contributed by atoms with Gasteiger partial charge in [0.05, 0.1) is 11.4 Å². The summed E-state index contributed by atoms with van der Waals surface area (Å²) in [6.07, 6.45) is 0. The van der Waals surface area contributed by atoms with Crippen molar-refractivity contribution in [3.63, 3.8) is 0 Å². The molecule has 0 spiro atoms. The van der Waals surface area contributed by atoms with E-state index in [9.17, 15) is 4.79 Å². The Bertz CT molecular complexity index is 524. The maximum absolute atomic E-state index is 9.82. The van der Waals surface area contributed by atoms with Gasteiger partial charge in [0.15, 0.2) is 0 Å². The highest BCUT2D eigenvalue weighted by molar-refractivity contribution is 5.90. The van der Waals surface area contributed by atoms with Gasteiger partial charge in [0, 0.05) is 5.57 Å². The van der Waals surface area contributed by atoms with Crippen molar-refractivity contribution in [3.05, 3.63) is 72.8 Å². The summed E-state index contributed by atoms with van der Waals surface area (Å²) in [5, 5.41) is 8.20. The number of nitrogens with two attached hydrogens (primary N) is 1. The van der Waals surface area contributed by atoms with E-state index in [1.165, 1.54) is 0 Å². The molecule has 4 nitrogen and oxygen atoms in total. The second kappa shape index (κ2) is 8.37. The number of carbonyl (C=O) groups excluding carboxylic acids is 1. The van der Waals surface area contributed by atoms with Crippen LogP contribution in [0.1, 0.15) is 6.92 Å². The van der Waals surface area contributed by atoms with E-state index in [0.29, 0.717) is 5.57 Å². The third-order valence-electron chi connectivity index (χ3n) is 2.21. The Labute approximate surface area is 118 Å². The lowest BCUT2D eigenvalue weighted by Crippen LogP contribution is -2.10. The minimum atomic E-state index is -0.435. The highest BCUT2D eigenvalue weighted by Crippen LogP contribution is 2.16. The fraction of sp³-hybridized carbons (Fsp3) is 0.0625. The second-order valence-electron chi connectivity index (χ2n) is 4.02. The largest absolute Gasteiger partial charge is 0.366 e. The van der Waals surface area contributed by atoms with Crippen molar-refractivity contribution < 1.29 is 4.79 Å². The molecule has 0 aliphatic carbocycles. The van der Waals surface area contributed by atoms with E-state index in [1.54, 1.807) is 6.92 Å². The number of hydrogen-bond donors (Lipinski definition) is 1. The van der Waals surface area contributed by atoms with E-state index < -0.39 is 5.91 Å². The zero-order valence-electron chi connectivity index (χ0n) is 11.4. The molecule has 20 heavy (non-hydrogen) atoms. The lowest BCUT2D eigenvalue weighted by atomic mass is 10.3. The van der Waals surface area contributed by atoms with Crippen LogP contribution in [0.25, 0.3) is 0 Å². The standard InChI is InChI=1S/C12H10N2.C4H7NO/c1-3-7-11(8-4-1)13-14-12-9-5-2-6-10-12;1-3(2)4(5)6/h1-10H;1H2,2H3,(H2,5,6). The molecular formula is C16H17N3O. The quantitative estimate of drug-likeness (QED) is 0.658. The number of azo groups is 1. The highest BCUT2D eigenvalue weighted by Gasteiger charge is 1.87. The van der Waals surface area contributed by atoms with Crippen molar-refractivity contribution >= 4 is 17.3 Å². The van der Waals surface area contributed by atoms with Crippen LogP contribution in [0.4, 0.5) is 11.4 Å². The first-order valence-electron chi connectivity index (χ1n) is 6.06. The summed E-state index contributed by atoms with van der Waals surface area (Å²) in [6, 6.07) is 19.4. The van der Waals surface area contributed by atoms with Gasteiger partial charge in [-0.05, 0) is 31.2 Å². The number of hydrogen-bond acceptors (Lipinski definition) is 3. The Morgan fingerprint density at radius 2 is 1.20 bits per heavy atom. The van der Waals surface area contributed by atoms with E-state index >= 15 is 0 Å². The van der Waals surface area contributed by atoms with Gasteiger partial charge in [-0.2, -0.15) is 10.2 Å². The molecule has 2 aromatic rings. The molecule has 0 aliphatic heterocycles. The fourth-order valence-corrected chi connectivity index (χ4v) is 1.10. The second-order valence-corrected chi connectivity index (χ2v) is 4.02. The third-order valence-corrected chi connectivity index (χ3v) is 2.21. The van der Waals surface area contributed by atoms with Crippen LogP contribution in [0.2, 0.25) is 0 Å². The summed E-state index contributed by atoms with van der Waals surface area (Å²) in [6.45, 7) is 4.85. The monoisotopic (exact) mass is 267 g/mol. The Morgan fingerprint density at radius 3 is 1.45 bits per heavy atom. The normalized spacial score (nSPS) is 9.65. The van der Waals surface area contributed by atoms with Crippen molar-refractivity contribution in [1.82, 2.24) is 0 Å². The molecule has 4 heteroatoms. The fourth-order valence-electron chi connectivity index (χ4n) is 1.10. The smallest absolute Gasteiger partial charge is 0.243 e. The molecule has 0 bridgehead atoms. The number of primary amides is 1. The maximum atomic E-state index is 9.82. The molecule has 0 fully saturated rings. The van der Waals surface area contributed by atoms with Crippen LogP contribution >= 0.6 is 0 Å². The van der Waals surface area contributed by atoms with Crippen LogP contribution in [-0.2, 0) is 4.79 Å². The summed E-state index contributed by atoms with van der Waals surface area (Å²) in [4.78, 5) is 9.82. The highest BCUT2D eigenvalue weighted by atomic mass is 16.1. The predicted octanol–water partition coefficient (Wildman–Crippen LogP) is 4.15. The molecule has 0 aliphatic rings. The van der Waals surface area contributed by atoms with Crippen LogP contribution in [-0.4, -0.2) is 5.91 Å². The number of carbonyl (C=O) groups is 1. The van der Waals surface area contributed by atoms with Crippen LogP contribution in [0.15, 0.2) is 83.0 Å². The van der Waals surface area contributed by atoms with E-state index in [2.05, 4.69) is 16.8 Å². The molecule has 0 heterocycles. The van der Waals surface area contributed by atoms with Gasteiger partial charge in [-0.15, -0.1) is 0 Å². The summed E-state index contributed by atoms with van der Waals surface area (Å²) in [5.74, 6) is -0.435. The molecule has 0 saturated heterocycles. The van der Waals surface area contributed by atoms with Gasteiger partial charge >= 0.3 is 0 Å². The Balaban J connectivity index is 0.000000286. The Morgan fingerprint density at radius 1 is 0.900 bits per heavy atom. The van der Waals surface area contributed by atoms with Gasteiger partial charge in [-0.1, -0.05) is 43.0 Å². The van der Waals surface area contributed by atoms with Gasteiger partial charge in [-0.3, -0.25) is 4.79 Å². The first-order valence-corrected chi connectivity index (χ1v) is 6.06. The zero-order chi connectivity index (χ0) is 14.8. The third kappa shape index (κ3) is 6.26. The Kier molecular flexibility index (Phi) is 6.41. The van der Waals surface area contributed by atoms with Crippen molar-refractivity contribution in [2.45, 2.75) is 6.92 Å². The average molecular weight is 267 g/mol. The summed E-state index contributed by atoms with van der Waals surface area (Å²) >= 11 is 0. The molecule has 0 radical (unpaired) electrons. The molecule has 1 amide bonds. The summed E-state index contributed by atoms with van der Waals surface area (Å²) in [5.41, 5.74) is 6.84. The molecule has 0 unspecified atom stereocenters. The van der Waals surface area contributed by atoms with E-state index in [1.807, 2.05) is 60.7 Å². The van der Waals surface area contributed by atoms with Gasteiger partial charge in [0.25, 0.3) is 0 Å². The van der Waals surface area contributed by atoms with Crippen LogP contribution < -0.4 is 5.73 Å². The molecule has 2 rings (SSSR count). The number of rotatable bonds is 3. The number of amides is 1. The minimum absolute atomic E-state index is 0.398. The average Bonchev–Trinajstić information content (AvgIpc) is 2.48. The van der Waals surface area contributed by atoms with Crippen LogP contribution in [0.3, 0.4) is 0 Å². The predicted molar refractivity (Wildman–Crippen MR) is 81.1 cm³/mol. The SMILES string of the molecule is C=C(C)C(N)=O.c1ccc(N=Nc2ccccc2)cc1. The molecular weight excluding hydrogens is 250 g/mol. The topological polar surface area (TPSA) is 67.8 Å². The summed E-state index contributed by atoms with van der Waals surface area (Å²) < 4.78 is 0. The lowest BCUT2D eigenvalue weighted by Gasteiger charge is -1.91. The van der Waals surface area contributed by atoms with Gasteiger partial charge in [0.1, 0.15) is 0 Å². The first-order chi connectivity index (χ1) is 9.59. The van der Waals surface area contributed by atoms with Crippen LogP contribution in [0, 0.1) is 0 Å². The van der Waals surface area contributed by atoms with E-state index in [0.717, 1.165) is 11.4 Å². The maximum Gasteiger partial charge on any atom is 0.243 e. The molecule has 0 aromatic heterocycles. The van der Waals surface area contributed by atoms with Crippen molar-refractivity contribution in [1.29, 1.82) is 0 Å². The molecule has 2 N–H and O–H groups in total. The van der Waals surface area contributed by atoms with Gasteiger partial charge in [0.2, 0.25) is 5.91 Å². The lowest BCUT2D eigenvalue weighted by molar-refractivity contribution is -0.114. The first kappa shape index (κ1) is 15.3. The number of benzene rings is 2. The van der Waals surface area contributed by atoms with Crippen molar-refractivity contribution in [3.8, 4) is 0 Å². The molecule has 102 valence electrons. The zero-order valence-corrected chi connectivity index (χ0v) is 11.4. The molecule has 0 atom stereocenters. The summed E-state index contributed by atoms with van der Waals surface area (Å²) in [7, 11) is 0. The molecule has 0 saturated carbocycles. The van der Waals surface area contributed by atoms with Gasteiger partial charge in [-0.25, -0.2) is 0 Å². The van der Waals surface area contributed by atoms with Gasteiger partial charge < -0.3 is 5.73 Å². The molecule has 2 aromatic carbocycles. The van der Waals surface area contributed by atoms with E-state index in [-0.39, 0.29) is 0 Å². The van der Waals surface area contributed by atoms with Crippen molar-refractivity contribution in [2.24, 2.45) is 16.0 Å². The van der Waals surface area contributed by atoms with E-state index in [4.69, 9.17) is 5.73 Å². The Hall–Kier alpha value is -2.75. The number of nitrogens with zero attached hydrogens (tertiary/aromatic N) is 2.